The van der Waals surface area contributed by atoms with Gasteiger partial charge in [-0.1, -0.05) is 29.8 Å². The van der Waals surface area contributed by atoms with Gasteiger partial charge in [0, 0.05) is 10.6 Å². The average Bonchev–Trinajstić information content (AvgIpc) is 2.18. The molecule has 1 nitrogen and oxygen atoms in total. The molecule has 0 bridgehead atoms. The molecule has 2 heteroatoms. The predicted octanol–water partition coefficient (Wildman–Crippen LogP) is 4.22. The van der Waals surface area contributed by atoms with Gasteiger partial charge in [0.1, 0.15) is 0 Å². The third kappa shape index (κ3) is 3.23. The van der Waals surface area contributed by atoms with E-state index in [1.807, 2.05) is 12.1 Å². The molecule has 2 rings (SSSR count). The van der Waals surface area contributed by atoms with E-state index in [4.69, 9.17) is 11.6 Å². The van der Waals surface area contributed by atoms with Gasteiger partial charge in [-0.25, -0.2) is 0 Å². The summed E-state index contributed by atoms with van der Waals surface area (Å²) < 4.78 is 0. The quantitative estimate of drug-likeness (QED) is 0.848. The fourth-order valence-electron chi connectivity index (χ4n) is 2.44. The molecule has 0 radical (unpaired) electrons. The molecule has 2 unspecified atom stereocenters. The molecule has 1 aliphatic carbocycles. The SMILES string of the molecule is CC(C)(C)NCC1CCC1c1ccccc1Cl. The van der Waals surface area contributed by atoms with Crippen LogP contribution in [0.2, 0.25) is 5.02 Å². The second kappa shape index (κ2) is 4.99. The van der Waals surface area contributed by atoms with Crippen molar-refractivity contribution in [2.75, 3.05) is 6.54 Å². The van der Waals surface area contributed by atoms with Gasteiger partial charge in [-0.2, -0.15) is 0 Å². The zero-order chi connectivity index (χ0) is 12.5. The Hall–Kier alpha value is -0.530. The lowest BCUT2D eigenvalue weighted by Crippen LogP contribution is -2.43. The van der Waals surface area contributed by atoms with Crippen LogP contribution in [0, 0.1) is 5.92 Å². The zero-order valence-electron chi connectivity index (χ0n) is 11.0. The van der Waals surface area contributed by atoms with Gasteiger partial charge in [0.25, 0.3) is 0 Å². The molecule has 1 aliphatic rings. The van der Waals surface area contributed by atoms with E-state index < -0.39 is 0 Å². The van der Waals surface area contributed by atoms with Crippen molar-refractivity contribution in [2.45, 2.75) is 45.1 Å². The lowest BCUT2D eigenvalue weighted by molar-refractivity contribution is 0.226. The Kier molecular flexibility index (Phi) is 3.79. The second-order valence-corrected chi connectivity index (χ2v) is 6.50. The van der Waals surface area contributed by atoms with E-state index in [1.165, 1.54) is 18.4 Å². The molecule has 1 saturated carbocycles. The number of rotatable bonds is 3. The normalized spacial score (nSPS) is 24.5. The van der Waals surface area contributed by atoms with Crippen molar-refractivity contribution in [3.63, 3.8) is 0 Å². The van der Waals surface area contributed by atoms with Gasteiger partial charge in [0.15, 0.2) is 0 Å². The average molecular weight is 252 g/mol. The molecule has 2 atom stereocenters. The summed E-state index contributed by atoms with van der Waals surface area (Å²) in [4.78, 5) is 0. The van der Waals surface area contributed by atoms with Crippen LogP contribution in [0.5, 0.6) is 0 Å². The third-order valence-electron chi connectivity index (χ3n) is 3.62. The molecular formula is C15H22ClN. The van der Waals surface area contributed by atoms with Gasteiger partial charge >= 0.3 is 0 Å². The van der Waals surface area contributed by atoms with Crippen LogP contribution in [0.15, 0.2) is 24.3 Å². The maximum Gasteiger partial charge on any atom is 0.0440 e. The van der Waals surface area contributed by atoms with Crippen LogP contribution in [0.25, 0.3) is 0 Å². The summed E-state index contributed by atoms with van der Waals surface area (Å²) in [6.45, 7) is 7.75. The highest BCUT2D eigenvalue weighted by atomic mass is 35.5. The monoisotopic (exact) mass is 251 g/mol. The fraction of sp³-hybridized carbons (Fsp3) is 0.600. The Balaban J connectivity index is 1.97. The van der Waals surface area contributed by atoms with Gasteiger partial charge in [0.05, 0.1) is 0 Å². The Morgan fingerprint density at radius 2 is 1.94 bits per heavy atom. The van der Waals surface area contributed by atoms with Gasteiger partial charge in [0.2, 0.25) is 0 Å². The number of benzene rings is 1. The van der Waals surface area contributed by atoms with Crippen molar-refractivity contribution in [2.24, 2.45) is 5.92 Å². The molecule has 0 amide bonds. The lowest BCUT2D eigenvalue weighted by Gasteiger charge is -2.39. The van der Waals surface area contributed by atoms with E-state index in [1.54, 1.807) is 0 Å². The number of nitrogens with one attached hydrogen (secondary N) is 1. The third-order valence-corrected chi connectivity index (χ3v) is 3.96. The molecule has 17 heavy (non-hydrogen) atoms. The largest absolute Gasteiger partial charge is 0.312 e. The zero-order valence-corrected chi connectivity index (χ0v) is 11.7. The van der Waals surface area contributed by atoms with Crippen molar-refractivity contribution in [1.82, 2.24) is 5.32 Å². The van der Waals surface area contributed by atoms with E-state index in [9.17, 15) is 0 Å². The molecule has 0 aromatic heterocycles. The van der Waals surface area contributed by atoms with Crippen LogP contribution in [0.4, 0.5) is 0 Å². The van der Waals surface area contributed by atoms with Gasteiger partial charge in [-0.15, -0.1) is 0 Å². The van der Waals surface area contributed by atoms with Crippen molar-refractivity contribution >= 4 is 11.6 Å². The number of hydrogen-bond donors (Lipinski definition) is 1. The fourth-order valence-corrected chi connectivity index (χ4v) is 2.71. The Labute approximate surface area is 110 Å². The minimum absolute atomic E-state index is 0.209. The van der Waals surface area contributed by atoms with Gasteiger partial charge < -0.3 is 5.32 Å². The smallest absolute Gasteiger partial charge is 0.0440 e. The molecule has 0 heterocycles. The Morgan fingerprint density at radius 3 is 2.47 bits per heavy atom. The molecule has 1 N–H and O–H groups in total. The summed E-state index contributed by atoms with van der Waals surface area (Å²) in [5.41, 5.74) is 1.54. The van der Waals surface area contributed by atoms with E-state index >= 15 is 0 Å². The van der Waals surface area contributed by atoms with Crippen LogP contribution in [-0.2, 0) is 0 Å². The number of hydrogen-bond acceptors (Lipinski definition) is 1. The van der Waals surface area contributed by atoms with Crippen molar-refractivity contribution in [3.05, 3.63) is 34.9 Å². The Bertz CT molecular complexity index is 381. The first kappa shape index (κ1) is 12.9. The first-order valence-electron chi connectivity index (χ1n) is 6.47. The van der Waals surface area contributed by atoms with E-state index in [-0.39, 0.29) is 5.54 Å². The predicted molar refractivity (Wildman–Crippen MR) is 74.7 cm³/mol. The molecular weight excluding hydrogens is 230 g/mol. The topological polar surface area (TPSA) is 12.0 Å². The summed E-state index contributed by atoms with van der Waals surface area (Å²) in [6, 6.07) is 8.28. The van der Waals surface area contributed by atoms with Crippen LogP contribution in [0.1, 0.15) is 45.1 Å². The summed E-state index contributed by atoms with van der Waals surface area (Å²) in [5.74, 6) is 1.40. The van der Waals surface area contributed by atoms with Crippen molar-refractivity contribution in [1.29, 1.82) is 0 Å². The molecule has 1 fully saturated rings. The minimum Gasteiger partial charge on any atom is -0.312 e. The van der Waals surface area contributed by atoms with Crippen molar-refractivity contribution in [3.8, 4) is 0 Å². The highest BCUT2D eigenvalue weighted by Crippen LogP contribution is 2.44. The first-order chi connectivity index (χ1) is 7.97. The number of halogens is 1. The molecule has 0 aliphatic heterocycles. The minimum atomic E-state index is 0.209. The van der Waals surface area contributed by atoms with Gasteiger partial charge in [-0.3, -0.25) is 0 Å². The molecule has 1 aromatic carbocycles. The second-order valence-electron chi connectivity index (χ2n) is 6.10. The summed E-state index contributed by atoms with van der Waals surface area (Å²) in [7, 11) is 0. The highest BCUT2D eigenvalue weighted by Gasteiger charge is 2.33. The summed E-state index contributed by atoms with van der Waals surface area (Å²) in [5, 5.41) is 4.53. The first-order valence-corrected chi connectivity index (χ1v) is 6.84. The summed E-state index contributed by atoms with van der Waals surface area (Å²) >= 11 is 6.27. The van der Waals surface area contributed by atoms with E-state index in [0.717, 1.165) is 17.5 Å². The molecule has 94 valence electrons. The van der Waals surface area contributed by atoms with Crippen LogP contribution >= 0.6 is 11.6 Å². The molecule has 1 aromatic rings. The van der Waals surface area contributed by atoms with Crippen LogP contribution < -0.4 is 5.32 Å². The molecule has 0 saturated heterocycles. The highest BCUT2D eigenvalue weighted by molar-refractivity contribution is 6.31. The molecule has 0 spiro atoms. The van der Waals surface area contributed by atoms with E-state index in [0.29, 0.717) is 5.92 Å². The summed E-state index contributed by atoms with van der Waals surface area (Å²) in [6.07, 6.45) is 2.60. The van der Waals surface area contributed by atoms with Crippen molar-refractivity contribution < 1.29 is 0 Å². The van der Waals surface area contributed by atoms with E-state index in [2.05, 4.69) is 38.2 Å². The van der Waals surface area contributed by atoms with Gasteiger partial charge in [-0.05, 0) is 63.6 Å². The van der Waals surface area contributed by atoms with Crippen LogP contribution in [0.3, 0.4) is 0 Å². The maximum atomic E-state index is 6.27. The van der Waals surface area contributed by atoms with Crippen LogP contribution in [-0.4, -0.2) is 12.1 Å². The standard InChI is InChI=1S/C15H22ClN/c1-15(2,3)17-10-11-8-9-12(11)13-6-4-5-7-14(13)16/h4-7,11-12,17H,8-10H2,1-3H3. The Morgan fingerprint density at radius 1 is 1.24 bits per heavy atom. The maximum absolute atomic E-state index is 6.27. The lowest BCUT2D eigenvalue weighted by atomic mass is 9.70.